The molecule has 6 heteroatoms. The van der Waals surface area contributed by atoms with Gasteiger partial charge in [-0.1, -0.05) is 36.7 Å². The molecule has 1 atom stereocenters. The molecule has 1 unspecified atom stereocenters. The zero-order valence-electron chi connectivity index (χ0n) is 12.1. The zero-order valence-corrected chi connectivity index (χ0v) is 12.9. The lowest BCUT2D eigenvalue weighted by Crippen LogP contribution is -2.13. The first-order valence-corrected chi connectivity index (χ1v) is 7.30. The van der Waals surface area contributed by atoms with Crippen molar-refractivity contribution >= 4 is 23.4 Å². The molecule has 2 aromatic rings. The van der Waals surface area contributed by atoms with E-state index in [1.807, 2.05) is 31.2 Å². The molecule has 0 saturated carbocycles. The van der Waals surface area contributed by atoms with Crippen molar-refractivity contribution in [2.45, 2.75) is 26.3 Å². The molecular weight excluding hydrogens is 288 g/mol. The molecule has 1 heterocycles. The average molecular weight is 307 g/mol. The number of hydrogen-bond acceptors (Lipinski definition) is 5. The Morgan fingerprint density at radius 3 is 2.71 bits per heavy atom. The second-order valence-electron chi connectivity index (χ2n) is 4.51. The van der Waals surface area contributed by atoms with Crippen molar-refractivity contribution in [2.75, 3.05) is 17.7 Å². The molecule has 0 spiro atoms. The minimum atomic E-state index is 0.0538. The number of hydrogen-bond donors (Lipinski definition) is 2. The fraction of sp³-hybridized carbons (Fsp3) is 0.333. The maximum absolute atomic E-state index is 5.91. The van der Waals surface area contributed by atoms with Gasteiger partial charge in [-0.3, -0.25) is 0 Å². The largest absolute Gasteiger partial charge is 0.494 e. The number of nitrogens with one attached hydrogen (secondary N) is 1. The molecule has 0 saturated heterocycles. The van der Waals surface area contributed by atoms with Crippen molar-refractivity contribution in [3.05, 3.63) is 41.0 Å². The normalized spacial score (nSPS) is 12.0. The Balaban J connectivity index is 2.27. The van der Waals surface area contributed by atoms with Crippen LogP contribution in [-0.2, 0) is 0 Å². The topological polar surface area (TPSA) is 73.1 Å². The molecule has 3 N–H and O–H groups in total. The van der Waals surface area contributed by atoms with E-state index in [2.05, 4.69) is 22.2 Å². The van der Waals surface area contributed by atoms with Gasteiger partial charge < -0.3 is 15.8 Å². The zero-order chi connectivity index (χ0) is 15.2. The Bertz CT molecular complexity index is 586. The van der Waals surface area contributed by atoms with Gasteiger partial charge in [-0.15, -0.1) is 0 Å². The van der Waals surface area contributed by atoms with E-state index >= 15 is 0 Å². The second-order valence-corrected chi connectivity index (χ2v) is 4.90. The van der Waals surface area contributed by atoms with Gasteiger partial charge in [0, 0.05) is 11.6 Å². The van der Waals surface area contributed by atoms with Crippen molar-refractivity contribution in [3.8, 4) is 5.75 Å². The van der Waals surface area contributed by atoms with Crippen LogP contribution in [0.1, 0.15) is 31.9 Å². The molecule has 21 heavy (non-hydrogen) atoms. The molecule has 1 aromatic carbocycles. The summed E-state index contributed by atoms with van der Waals surface area (Å²) < 4.78 is 5.68. The highest BCUT2D eigenvalue weighted by Crippen LogP contribution is 2.30. The number of aromatic nitrogens is 2. The number of nitrogens with zero attached hydrogens (tertiary/aromatic N) is 2. The Kier molecular flexibility index (Phi) is 5.22. The minimum Gasteiger partial charge on any atom is -0.494 e. The van der Waals surface area contributed by atoms with Crippen LogP contribution in [0.5, 0.6) is 5.75 Å². The number of nitrogen functional groups attached to an aromatic ring is 1. The molecule has 0 radical (unpaired) electrons. The maximum Gasteiger partial charge on any atom is 0.223 e. The third kappa shape index (κ3) is 3.98. The van der Waals surface area contributed by atoms with Gasteiger partial charge in [0.05, 0.1) is 12.6 Å². The summed E-state index contributed by atoms with van der Waals surface area (Å²) in [5.74, 6) is 1.62. The highest BCUT2D eigenvalue weighted by atomic mass is 35.5. The van der Waals surface area contributed by atoms with E-state index in [1.165, 1.54) is 0 Å². The highest BCUT2D eigenvalue weighted by Gasteiger charge is 2.15. The van der Waals surface area contributed by atoms with Gasteiger partial charge in [0.25, 0.3) is 0 Å². The van der Waals surface area contributed by atoms with Crippen LogP contribution in [0.4, 0.5) is 11.8 Å². The van der Waals surface area contributed by atoms with Crippen LogP contribution < -0.4 is 15.8 Å². The maximum atomic E-state index is 5.91. The highest BCUT2D eigenvalue weighted by molar-refractivity contribution is 6.29. The second kappa shape index (κ2) is 7.13. The van der Waals surface area contributed by atoms with E-state index in [0.717, 1.165) is 17.7 Å². The van der Waals surface area contributed by atoms with E-state index in [9.17, 15) is 0 Å². The molecule has 0 aliphatic heterocycles. The molecule has 0 aliphatic carbocycles. The standard InChI is InChI=1S/C15H19ClN4O/c1-3-11(10-7-5-6-8-12(10)21-4-2)18-14-9-13(16)19-15(17)20-14/h5-9,11H,3-4H2,1-2H3,(H3,17,18,19,20). The van der Waals surface area contributed by atoms with E-state index in [-0.39, 0.29) is 12.0 Å². The van der Waals surface area contributed by atoms with Crippen LogP contribution in [-0.4, -0.2) is 16.6 Å². The fourth-order valence-corrected chi connectivity index (χ4v) is 2.33. The summed E-state index contributed by atoms with van der Waals surface area (Å²) in [4.78, 5) is 8.01. The number of halogens is 1. The van der Waals surface area contributed by atoms with Gasteiger partial charge in [0.1, 0.15) is 16.7 Å². The van der Waals surface area contributed by atoms with Gasteiger partial charge in [-0.25, -0.2) is 4.98 Å². The quantitative estimate of drug-likeness (QED) is 0.797. The van der Waals surface area contributed by atoms with Gasteiger partial charge in [0.2, 0.25) is 5.95 Å². The predicted molar refractivity (Wildman–Crippen MR) is 85.7 cm³/mol. The summed E-state index contributed by atoms with van der Waals surface area (Å²) in [7, 11) is 0. The summed E-state index contributed by atoms with van der Waals surface area (Å²) in [6.07, 6.45) is 0.867. The number of nitrogens with two attached hydrogens (primary N) is 1. The third-order valence-corrected chi connectivity index (χ3v) is 3.23. The summed E-state index contributed by atoms with van der Waals surface area (Å²) >= 11 is 5.91. The van der Waals surface area contributed by atoms with E-state index in [4.69, 9.17) is 22.1 Å². The lowest BCUT2D eigenvalue weighted by Gasteiger charge is -2.21. The van der Waals surface area contributed by atoms with Crippen LogP contribution in [0.2, 0.25) is 5.15 Å². The van der Waals surface area contributed by atoms with Crippen molar-refractivity contribution < 1.29 is 4.74 Å². The predicted octanol–water partition coefficient (Wildman–Crippen LogP) is 3.67. The van der Waals surface area contributed by atoms with Crippen LogP contribution in [0.15, 0.2) is 30.3 Å². The van der Waals surface area contributed by atoms with Crippen molar-refractivity contribution in [3.63, 3.8) is 0 Å². The Morgan fingerprint density at radius 1 is 1.29 bits per heavy atom. The average Bonchev–Trinajstić information content (AvgIpc) is 2.45. The molecule has 112 valence electrons. The summed E-state index contributed by atoms with van der Waals surface area (Å²) in [6, 6.07) is 9.66. The van der Waals surface area contributed by atoms with Crippen LogP contribution in [0.3, 0.4) is 0 Å². The lowest BCUT2D eigenvalue weighted by molar-refractivity contribution is 0.334. The monoisotopic (exact) mass is 306 g/mol. The van der Waals surface area contributed by atoms with Crippen molar-refractivity contribution in [2.24, 2.45) is 0 Å². The SMILES string of the molecule is CCOc1ccccc1C(CC)Nc1cc(Cl)nc(N)n1. The molecule has 0 aliphatic rings. The van der Waals surface area contributed by atoms with Crippen LogP contribution >= 0.6 is 11.6 Å². The summed E-state index contributed by atoms with van der Waals surface area (Å²) in [5.41, 5.74) is 6.70. The van der Waals surface area contributed by atoms with Crippen LogP contribution in [0, 0.1) is 0 Å². The van der Waals surface area contributed by atoms with Gasteiger partial charge in [-0.2, -0.15) is 4.98 Å². The first-order valence-electron chi connectivity index (χ1n) is 6.92. The third-order valence-electron chi connectivity index (χ3n) is 3.04. The summed E-state index contributed by atoms with van der Waals surface area (Å²) in [6.45, 7) is 4.68. The van der Waals surface area contributed by atoms with E-state index in [1.54, 1.807) is 6.07 Å². The molecule has 2 rings (SSSR count). The van der Waals surface area contributed by atoms with Crippen LogP contribution in [0.25, 0.3) is 0 Å². The van der Waals surface area contributed by atoms with Gasteiger partial charge in [0.15, 0.2) is 0 Å². The molecule has 0 amide bonds. The van der Waals surface area contributed by atoms with Crippen molar-refractivity contribution in [1.29, 1.82) is 0 Å². The Hall–Kier alpha value is -2.01. The smallest absolute Gasteiger partial charge is 0.223 e. The lowest BCUT2D eigenvalue weighted by atomic mass is 10.0. The first-order chi connectivity index (χ1) is 10.1. The van der Waals surface area contributed by atoms with E-state index < -0.39 is 0 Å². The molecular formula is C15H19ClN4O. The van der Waals surface area contributed by atoms with Gasteiger partial charge in [-0.05, 0) is 19.4 Å². The molecule has 0 fully saturated rings. The Morgan fingerprint density at radius 2 is 2.05 bits per heavy atom. The fourth-order valence-electron chi connectivity index (χ4n) is 2.14. The number of para-hydroxylation sites is 1. The van der Waals surface area contributed by atoms with Crippen molar-refractivity contribution in [1.82, 2.24) is 9.97 Å². The Labute approximate surface area is 129 Å². The number of anilines is 2. The van der Waals surface area contributed by atoms with Gasteiger partial charge >= 0.3 is 0 Å². The summed E-state index contributed by atoms with van der Waals surface area (Å²) in [5, 5.41) is 3.65. The first kappa shape index (κ1) is 15.4. The minimum absolute atomic E-state index is 0.0538. The number of ether oxygens (including phenoxy) is 1. The molecule has 5 nitrogen and oxygen atoms in total. The number of rotatable bonds is 6. The molecule has 0 bridgehead atoms. The number of benzene rings is 1. The molecule has 1 aromatic heterocycles. The van der Waals surface area contributed by atoms with E-state index in [0.29, 0.717) is 17.6 Å².